The van der Waals surface area contributed by atoms with Gasteiger partial charge >= 0.3 is 0 Å². The van der Waals surface area contributed by atoms with Crippen LogP contribution in [0.2, 0.25) is 0 Å². The maximum Gasteiger partial charge on any atom is 0.224 e. The van der Waals surface area contributed by atoms with Gasteiger partial charge in [0.15, 0.2) is 0 Å². The first kappa shape index (κ1) is 12.4. The zero-order chi connectivity index (χ0) is 12.3. The van der Waals surface area contributed by atoms with Crippen LogP contribution < -0.4 is 5.73 Å². The number of terminal acetylenes is 1. The molecule has 94 valence electrons. The van der Waals surface area contributed by atoms with Crippen molar-refractivity contribution in [3.63, 3.8) is 0 Å². The van der Waals surface area contributed by atoms with E-state index in [0.29, 0.717) is 13.0 Å². The third-order valence-corrected chi connectivity index (χ3v) is 3.89. The predicted molar refractivity (Wildman–Crippen MR) is 67.2 cm³/mol. The van der Waals surface area contributed by atoms with E-state index in [9.17, 15) is 4.79 Å². The SMILES string of the molecule is C#CCN1CCN(C(=O)CC2(N)CCC2)CC1. The van der Waals surface area contributed by atoms with Gasteiger partial charge < -0.3 is 10.6 Å². The highest BCUT2D eigenvalue weighted by atomic mass is 16.2. The van der Waals surface area contributed by atoms with Gasteiger partial charge in [-0.05, 0) is 19.3 Å². The van der Waals surface area contributed by atoms with Crippen LogP contribution in [0, 0.1) is 12.3 Å². The number of nitrogens with two attached hydrogens (primary N) is 1. The first-order valence-corrected chi connectivity index (χ1v) is 6.35. The number of hydrogen-bond donors (Lipinski definition) is 1. The Morgan fingerprint density at radius 3 is 2.41 bits per heavy atom. The van der Waals surface area contributed by atoms with Gasteiger partial charge in [0.1, 0.15) is 0 Å². The fraction of sp³-hybridized carbons (Fsp3) is 0.769. The summed E-state index contributed by atoms with van der Waals surface area (Å²) in [6, 6.07) is 0. The molecule has 1 amide bonds. The summed E-state index contributed by atoms with van der Waals surface area (Å²) in [5.74, 6) is 2.86. The normalized spacial score (nSPS) is 23.9. The lowest BCUT2D eigenvalue weighted by atomic mass is 9.75. The molecule has 0 aromatic carbocycles. The molecule has 0 bridgehead atoms. The number of nitrogens with zero attached hydrogens (tertiary/aromatic N) is 2. The van der Waals surface area contributed by atoms with Crippen LogP contribution in [0.4, 0.5) is 0 Å². The highest BCUT2D eigenvalue weighted by molar-refractivity contribution is 5.77. The zero-order valence-corrected chi connectivity index (χ0v) is 10.3. The summed E-state index contributed by atoms with van der Waals surface area (Å²) in [6.07, 6.45) is 8.95. The molecule has 0 aromatic rings. The second kappa shape index (κ2) is 5.07. The number of carbonyl (C=O) groups excluding carboxylic acids is 1. The molecule has 0 spiro atoms. The predicted octanol–water partition coefficient (Wildman–Crippen LogP) is 0.0353. The van der Waals surface area contributed by atoms with Gasteiger partial charge in [-0.25, -0.2) is 0 Å². The van der Waals surface area contributed by atoms with Gasteiger partial charge in [-0.3, -0.25) is 9.69 Å². The molecule has 4 heteroatoms. The van der Waals surface area contributed by atoms with Gasteiger partial charge in [0.05, 0.1) is 6.54 Å². The topological polar surface area (TPSA) is 49.6 Å². The lowest BCUT2D eigenvalue weighted by molar-refractivity contribution is -0.134. The van der Waals surface area contributed by atoms with E-state index in [2.05, 4.69) is 10.8 Å². The van der Waals surface area contributed by atoms with E-state index in [-0.39, 0.29) is 11.4 Å². The average Bonchev–Trinajstić information content (AvgIpc) is 2.28. The van der Waals surface area contributed by atoms with Crippen molar-refractivity contribution in [2.75, 3.05) is 32.7 Å². The third kappa shape index (κ3) is 2.99. The van der Waals surface area contributed by atoms with Gasteiger partial charge in [0.2, 0.25) is 5.91 Å². The maximum absolute atomic E-state index is 12.1. The van der Waals surface area contributed by atoms with Gasteiger partial charge in [-0.1, -0.05) is 5.92 Å². The fourth-order valence-electron chi connectivity index (χ4n) is 2.51. The molecule has 17 heavy (non-hydrogen) atoms. The Morgan fingerprint density at radius 2 is 1.94 bits per heavy atom. The summed E-state index contributed by atoms with van der Waals surface area (Å²) in [7, 11) is 0. The molecule has 1 aliphatic heterocycles. The molecule has 1 aliphatic carbocycles. The minimum absolute atomic E-state index is 0.201. The molecule has 0 aromatic heterocycles. The Hall–Kier alpha value is -1.05. The number of hydrogen-bond acceptors (Lipinski definition) is 3. The number of piperazine rings is 1. The van der Waals surface area contributed by atoms with E-state index in [1.54, 1.807) is 0 Å². The summed E-state index contributed by atoms with van der Waals surface area (Å²) < 4.78 is 0. The van der Waals surface area contributed by atoms with Crippen LogP contribution >= 0.6 is 0 Å². The first-order chi connectivity index (χ1) is 8.13. The lowest BCUT2D eigenvalue weighted by Crippen LogP contribution is -2.54. The molecular formula is C13H21N3O. The molecular weight excluding hydrogens is 214 g/mol. The minimum Gasteiger partial charge on any atom is -0.340 e. The second-order valence-electron chi connectivity index (χ2n) is 5.25. The summed E-state index contributed by atoms with van der Waals surface area (Å²) in [4.78, 5) is 16.2. The minimum atomic E-state index is -0.201. The van der Waals surface area contributed by atoms with Crippen molar-refractivity contribution in [2.24, 2.45) is 5.73 Å². The van der Waals surface area contributed by atoms with Crippen molar-refractivity contribution < 1.29 is 4.79 Å². The lowest BCUT2D eigenvalue weighted by Gasteiger charge is -2.40. The smallest absolute Gasteiger partial charge is 0.224 e. The van der Waals surface area contributed by atoms with Crippen molar-refractivity contribution in [1.29, 1.82) is 0 Å². The molecule has 1 heterocycles. The van der Waals surface area contributed by atoms with Gasteiger partial charge in [-0.2, -0.15) is 0 Å². The third-order valence-electron chi connectivity index (χ3n) is 3.89. The Kier molecular flexibility index (Phi) is 3.70. The first-order valence-electron chi connectivity index (χ1n) is 6.35. The Morgan fingerprint density at radius 1 is 1.29 bits per heavy atom. The van der Waals surface area contributed by atoms with Crippen LogP contribution in [-0.2, 0) is 4.79 Å². The van der Waals surface area contributed by atoms with Gasteiger partial charge in [0, 0.05) is 38.1 Å². The fourth-order valence-corrected chi connectivity index (χ4v) is 2.51. The summed E-state index contributed by atoms with van der Waals surface area (Å²) >= 11 is 0. The average molecular weight is 235 g/mol. The van der Waals surface area contributed by atoms with Crippen LogP contribution in [-0.4, -0.2) is 54.0 Å². The van der Waals surface area contributed by atoms with Crippen LogP contribution in [0.25, 0.3) is 0 Å². The van der Waals surface area contributed by atoms with E-state index in [1.807, 2.05) is 4.90 Å². The summed E-state index contributed by atoms with van der Waals surface area (Å²) in [5, 5.41) is 0. The molecule has 2 rings (SSSR count). The number of rotatable bonds is 3. The van der Waals surface area contributed by atoms with Crippen molar-refractivity contribution >= 4 is 5.91 Å². The van der Waals surface area contributed by atoms with Crippen molar-refractivity contribution in [3.05, 3.63) is 0 Å². The molecule has 1 saturated heterocycles. The molecule has 0 radical (unpaired) electrons. The van der Waals surface area contributed by atoms with Crippen LogP contribution in [0.15, 0.2) is 0 Å². The highest BCUT2D eigenvalue weighted by Gasteiger charge is 2.36. The molecule has 0 atom stereocenters. The summed E-state index contributed by atoms with van der Waals surface area (Å²) in [6.45, 7) is 4.02. The summed E-state index contributed by atoms with van der Waals surface area (Å²) in [5.41, 5.74) is 5.90. The molecule has 2 aliphatic rings. The van der Waals surface area contributed by atoms with Crippen molar-refractivity contribution in [1.82, 2.24) is 9.80 Å². The maximum atomic E-state index is 12.1. The number of carbonyl (C=O) groups is 1. The van der Waals surface area contributed by atoms with E-state index >= 15 is 0 Å². The Balaban J connectivity index is 1.76. The molecule has 2 fully saturated rings. The Labute approximate surface area is 103 Å². The van der Waals surface area contributed by atoms with Crippen LogP contribution in [0.1, 0.15) is 25.7 Å². The zero-order valence-electron chi connectivity index (χ0n) is 10.3. The Bertz CT molecular complexity index is 322. The molecule has 0 unspecified atom stereocenters. The molecule has 1 saturated carbocycles. The molecule has 4 nitrogen and oxygen atoms in total. The van der Waals surface area contributed by atoms with E-state index in [1.165, 1.54) is 6.42 Å². The monoisotopic (exact) mass is 235 g/mol. The van der Waals surface area contributed by atoms with Gasteiger partial charge in [-0.15, -0.1) is 6.42 Å². The number of amides is 1. The van der Waals surface area contributed by atoms with Gasteiger partial charge in [0.25, 0.3) is 0 Å². The highest BCUT2D eigenvalue weighted by Crippen LogP contribution is 2.32. The van der Waals surface area contributed by atoms with E-state index < -0.39 is 0 Å². The van der Waals surface area contributed by atoms with Crippen molar-refractivity contribution in [3.8, 4) is 12.3 Å². The van der Waals surface area contributed by atoms with Crippen molar-refractivity contribution in [2.45, 2.75) is 31.2 Å². The molecule has 2 N–H and O–H groups in total. The second-order valence-corrected chi connectivity index (χ2v) is 5.25. The van der Waals surface area contributed by atoms with E-state index in [4.69, 9.17) is 12.2 Å². The standard InChI is InChI=1S/C13H21N3O/c1-2-6-15-7-9-16(10-8-15)12(17)11-13(14)4-3-5-13/h1H,3-11,14H2. The van der Waals surface area contributed by atoms with Crippen LogP contribution in [0.5, 0.6) is 0 Å². The quantitative estimate of drug-likeness (QED) is 0.702. The van der Waals surface area contributed by atoms with E-state index in [0.717, 1.165) is 39.0 Å². The van der Waals surface area contributed by atoms with Crippen LogP contribution in [0.3, 0.4) is 0 Å². The largest absolute Gasteiger partial charge is 0.340 e.